The van der Waals surface area contributed by atoms with E-state index in [2.05, 4.69) is 118 Å². The summed E-state index contributed by atoms with van der Waals surface area (Å²) in [6.45, 7) is 8.32. The topological polar surface area (TPSA) is 18.5 Å². The number of rotatable bonds is 8. The molecule has 3 heteroatoms. The van der Waals surface area contributed by atoms with Crippen molar-refractivity contribution in [3.05, 3.63) is 109 Å². The van der Waals surface area contributed by atoms with Crippen molar-refractivity contribution in [2.45, 2.75) is 44.9 Å². The van der Waals surface area contributed by atoms with Gasteiger partial charge in [0.05, 0.1) is 19.3 Å². The summed E-state index contributed by atoms with van der Waals surface area (Å²) in [6.07, 6.45) is 5.60. The Labute approximate surface area is 194 Å². The van der Waals surface area contributed by atoms with Crippen molar-refractivity contribution in [1.82, 2.24) is 0 Å². The predicted molar refractivity (Wildman–Crippen MR) is 136 cm³/mol. The summed E-state index contributed by atoms with van der Waals surface area (Å²) in [5.41, 5.74) is 1.21. The Bertz CT molecular complexity index is 954. The van der Waals surface area contributed by atoms with Gasteiger partial charge < -0.3 is 9.16 Å². The summed E-state index contributed by atoms with van der Waals surface area (Å²) in [5, 5.41) is 2.64. The van der Waals surface area contributed by atoms with E-state index in [0.29, 0.717) is 13.2 Å². The molecule has 0 saturated carbocycles. The van der Waals surface area contributed by atoms with E-state index in [4.69, 9.17) is 9.16 Å². The van der Waals surface area contributed by atoms with Crippen molar-refractivity contribution in [2.24, 2.45) is 5.92 Å². The van der Waals surface area contributed by atoms with Crippen LogP contribution >= 0.6 is 0 Å². The van der Waals surface area contributed by atoms with Gasteiger partial charge in [0.2, 0.25) is 0 Å². The van der Waals surface area contributed by atoms with Crippen LogP contribution in [0.2, 0.25) is 5.04 Å². The minimum atomic E-state index is -2.55. The summed E-state index contributed by atoms with van der Waals surface area (Å²) in [6, 6.07) is 32.2. The Morgan fingerprint density at radius 3 is 1.84 bits per heavy atom. The molecule has 32 heavy (non-hydrogen) atoms. The highest BCUT2D eigenvalue weighted by Gasteiger charge is 2.52. The number of ether oxygens (including phenoxy) is 1. The molecule has 0 spiro atoms. The maximum absolute atomic E-state index is 7.35. The van der Waals surface area contributed by atoms with Gasteiger partial charge in [-0.1, -0.05) is 124 Å². The molecular formula is C29H34O2Si. The molecule has 0 aromatic heterocycles. The zero-order valence-corrected chi connectivity index (χ0v) is 20.4. The standard InChI is InChI=1S/C29H34O2Si/c1-29(2,3)32(26-17-9-5-10-18-26,27-19-11-6-12-20-27)31-28-21-13-16-25(28)23-30-22-24-14-7-4-8-15-24/h4-20,25,28H,21-23H2,1-3H3/t25-,28+/m0/s1. The summed E-state index contributed by atoms with van der Waals surface area (Å²) in [4.78, 5) is 0. The van der Waals surface area contributed by atoms with Crippen molar-refractivity contribution in [3.8, 4) is 0 Å². The Morgan fingerprint density at radius 1 is 0.781 bits per heavy atom. The zero-order valence-electron chi connectivity index (χ0n) is 19.4. The fourth-order valence-electron chi connectivity index (χ4n) is 4.79. The van der Waals surface area contributed by atoms with Crippen LogP contribution < -0.4 is 10.4 Å². The van der Waals surface area contributed by atoms with E-state index in [9.17, 15) is 0 Å². The van der Waals surface area contributed by atoms with Crippen molar-refractivity contribution in [2.75, 3.05) is 6.61 Å². The first kappa shape index (κ1) is 22.7. The molecule has 0 aliphatic heterocycles. The van der Waals surface area contributed by atoms with Gasteiger partial charge in [-0.2, -0.15) is 0 Å². The molecule has 2 atom stereocenters. The molecule has 0 fully saturated rings. The highest BCUT2D eigenvalue weighted by Crippen LogP contribution is 2.39. The van der Waals surface area contributed by atoms with Crippen LogP contribution in [0.5, 0.6) is 0 Å². The Kier molecular flexibility index (Phi) is 7.09. The van der Waals surface area contributed by atoms with E-state index >= 15 is 0 Å². The molecule has 0 radical (unpaired) electrons. The molecule has 3 aromatic carbocycles. The maximum Gasteiger partial charge on any atom is 0.261 e. The quantitative estimate of drug-likeness (QED) is 0.328. The van der Waals surface area contributed by atoms with Gasteiger partial charge >= 0.3 is 0 Å². The summed E-state index contributed by atoms with van der Waals surface area (Å²) in [5.74, 6) is 0.264. The lowest BCUT2D eigenvalue weighted by Gasteiger charge is -2.45. The molecule has 0 heterocycles. The van der Waals surface area contributed by atoms with Crippen LogP contribution in [0.25, 0.3) is 0 Å². The first-order valence-electron chi connectivity index (χ1n) is 11.6. The second kappa shape index (κ2) is 9.99. The minimum Gasteiger partial charge on any atom is -0.403 e. The third-order valence-corrected chi connectivity index (χ3v) is 11.5. The van der Waals surface area contributed by atoms with Crippen LogP contribution in [0.15, 0.2) is 103 Å². The first-order valence-corrected chi connectivity index (χ1v) is 13.5. The van der Waals surface area contributed by atoms with Crippen LogP contribution in [0.4, 0.5) is 0 Å². The average molecular weight is 443 g/mol. The molecule has 1 aliphatic carbocycles. The van der Waals surface area contributed by atoms with Crippen LogP contribution in [0, 0.1) is 5.92 Å². The van der Waals surface area contributed by atoms with Crippen molar-refractivity contribution < 1.29 is 9.16 Å². The smallest absolute Gasteiger partial charge is 0.261 e. The van der Waals surface area contributed by atoms with Crippen LogP contribution in [-0.2, 0) is 15.8 Å². The zero-order chi connectivity index (χ0) is 22.4. The van der Waals surface area contributed by atoms with Gasteiger partial charge in [-0.15, -0.1) is 0 Å². The fraction of sp³-hybridized carbons (Fsp3) is 0.310. The van der Waals surface area contributed by atoms with Gasteiger partial charge in [0.15, 0.2) is 0 Å². The van der Waals surface area contributed by atoms with Gasteiger partial charge in [-0.25, -0.2) is 0 Å². The second-order valence-corrected chi connectivity index (χ2v) is 13.9. The van der Waals surface area contributed by atoms with Crippen LogP contribution in [0.3, 0.4) is 0 Å². The first-order chi connectivity index (χ1) is 15.5. The van der Waals surface area contributed by atoms with Gasteiger partial charge in [0.25, 0.3) is 8.32 Å². The Hall–Kier alpha value is -2.46. The maximum atomic E-state index is 7.35. The molecule has 1 aliphatic rings. The van der Waals surface area contributed by atoms with Gasteiger partial charge in [-0.05, 0) is 27.4 Å². The average Bonchev–Trinajstić information content (AvgIpc) is 3.25. The molecule has 0 bridgehead atoms. The number of benzene rings is 3. The second-order valence-electron chi connectivity index (χ2n) is 9.65. The molecule has 4 rings (SSSR count). The van der Waals surface area contributed by atoms with Gasteiger partial charge in [0.1, 0.15) is 0 Å². The highest BCUT2D eigenvalue weighted by molar-refractivity contribution is 6.99. The third kappa shape index (κ3) is 4.80. The van der Waals surface area contributed by atoms with Crippen LogP contribution in [-0.4, -0.2) is 21.0 Å². The molecule has 0 amide bonds. The Balaban J connectivity index is 1.61. The molecule has 0 N–H and O–H groups in total. The lowest BCUT2D eigenvalue weighted by Crippen LogP contribution is -2.68. The predicted octanol–water partition coefficient (Wildman–Crippen LogP) is 5.72. The summed E-state index contributed by atoms with van der Waals surface area (Å²) < 4.78 is 13.5. The molecular weight excluding hydrogens is 408 g/mol. The van der Waals surface area contributed by atoms with E-state index in [0.717, 1.165) is 6.42 Å². The summed E-state index contributed by atoms with van der Waals surface area (Å²) >= 11 is 0. The largest absolute Gasteiger partial charge is 0.403 e. The number of hydrogen-bond donors (Lipinski definition) is 0. The molecule has 0 saturated heterocycles. The lowest BCUT2D eigenvalue weighted by atomic mass is 10.1. The normalized spacial score (nSPS) is 18.7. The molecule has 0 unspecified atom stereocenters. The SMILES string of the molecule is CC(C)(C)[Si](O[C@@H]1CC=C[C@H]1COCc1ccccc1)(c1ccccc1)c1ccccc1. The molecule has 3 aromatic rings. The third-order valence-electron chi connectivity index (χ3n) is 6.40. The molecule has 166 valence electrons. The van der Waals surface area contributed by atoms with Crippen molar-refractivity contribution >= 4 is 18.7 Å². The lowest BCUT2D eigenvalue weighted by molar-refractivity contribution is 0.0539. The van der Waals surface area contributed by atoms with Crippen molar-refractivity contribution in [1.29, 1.82) is 0 Å². The van der Waals surface area contributed by atoms with Gasteiger partial charge in [-0.3, -0.25) is 0 Å². The van der Waals surface area contributed by atoms with E-state index in [-0.39, 0.29) is 17.1 Å². The van der Waals surface area contributed by atoms with Gasteiger partial charge in [0, 0.05) is 5.92 Å². The summed E-state index contributed by atoms with van der Waals surface area (Å²) in [7, 11) is -2.55. The van der Waals surface area contributed by atoms with Crippen molar-refractivity contribution in [3.63, 3.8) is 0 Å². The van der Waals surface area contributed by atoms with Crippen LogP contribution in [0.1, 0.15) is 32.8 Å². The minimum absolute atomic E-state index is 0.0201. The number of hydrogen-bond acceptors (Lipinski definition) is 2. The Morgan fingerprint density at radius 2 is 1.31 bits per heavy atom. The van der Waals surface area contributed by atoms with E-state index in [1.54, 1.807) is 0 Å². The van der Waals surface area contributed by atoms with E-state index in [1.165, 1.54) is 15.9 Å². The monoisotopic (exact) mass is 442 g/mol. The fourth-order valence-corrected chi connectivity index (χ4v) is 9.53. The molecule has 2 nitrogen and oxygen atoms in total. The highest BCUT2D eigenvalue weighted by atomic mass is 28.4. The van der Waals surface area contributed by atoms with E-state index in [1.807, 2.05) is 6.07 Å². The van der Waals surface area contributed by atoms with E-state index < -0.39 is 8.32 Å².